The van der Waals surface area contributed by atoms with Crippen LogP contribution in [0.2, 0.25) is 0 Å². The summed E-state index contributed by atoms with van der Waals surface area (Å²) in [6, 6.07) is 0. The summed E-state index contributed by atoms with van der Waals surface area (Å²) in [7, 11) is -3.57. The maximum absolute atomic E-state index is 11.3. The molecule has 0 heterocycles. The van der Waals surface area contributed by atoms with Gasteiger partial charge in [-0.1, -0.05) is 11.6 Å². The van der Waals surface area contributed by atoms with Crippen LogP contribution < -0.4 is 0 Å². The molecule has 0 aromatic rings. The summed E-state index contributed by atoms with van der Waals surface area (Å²) in [6.45, 7) is 0. The fourth-order valence-electron chi connectivity index (χ4n) is 0.766. The van der Waals surface area contributed by atoms with Gasteiger partial charge in [0.15, 0.2) is 15.6 Å². The van der Waals surface area contributed by atoms with Gasteiger partial charge in [0, 0.05) is 12.2 Å². The lowest BCUT2D eigenvalue weighted by Crippen LogP contribution is -2.35. The lowest BCUT2D eigenvalue weighted by Gasteiger charge is -2.15. The molecule has 0 saturated heterocycles. The van der Waals surface area contributed by atoms with Gasteiger partial charge in [0.2, 0.25) is 0 Å². The van der Waals surface area contributed by atoms with Crippen LogP contribution in [-0.2, 0) is 14.6 Å². The van der Waals surface area contributed by atoms with Crippen molar-refractivity contribution in [2.24, 2.45) is 5.92 Å². The molecule has 0 spiro atoms. The maximum atomic E-state index is 11.3. The Labute approximate surface area is 84.5 Å². The molecular weight excluding hydrogens is 267 g/mol. The van der Waals surface area contributed by atoms with Gasteiger partial charge < -0.3 is 0 Å². The van der Waals surface area contributed by atoms with Crippen molar-refractivity contribution in [2.75, 3.05) is 6.26 Å². The number of alkyl halides is 2. The monoisotopic (exact) mass is 274 g/mol. The highest BCUT2D eigenvalue weighted by Gasteiger charge is 2.49. The van der Waals surface area contributed by atoms with Gasteiger partial charge in [0.05, 0.1) is 0 Å². The van der Waals surface area contributed by atoms with E-state index in [1.807, 2.05) is 0 Å². The van der Waals surface area contributed by atoms with Gasteiger partial charge >= 0.3 is 0 Å². The number of rotatable bonds is 3. The van der Waals surface area contributed by atoms with Crippen molar-refractivity contribution < 1.29 is 13.2 Å². The van der Waals surface area contributed by atoms with Crippen LogP contribution in [0.4, 0.5) is 0 Å². The van der Waals surface area contributed by atoms with Crippen molar-refractivity contribution in [3.05, 3.63) is 0 Å². The van der Waals surface area contributed by atoms with Crippen LogP contribution >= 0.6 is 27.5 Å². The van der Waals surface area contributed by atoms with Gasteiger partial charge in [-0.15, -0.1) is 0 Å². The molecule has 0 aromatic carbocycles. The van der Waals surface area contributed by atoms with E-state index in [-0.39, 0.29) is 5.92 Å². The highest BCUT2D eigenvalue weighted by molar-refractivity contribution is 9.12. The highest BCUT2D eigenvalue weighted by Crippen LogP contribution is 2.41. The fourth-order valence-corrected chi connectivity index (χ4v) is 1.78. The number of hydrogen-bond donors (Lipinski definition) is 0. The molecule has 1 saturated carbocycles. The van der Waals surface area contributed by atoms with E-state index in [0.717, 1.165) is 19.1 Å². The van der Waals surface area contributed by atoms with Crippen LogP contribution in [0.15, 0.2) is 0 Å². The van der Waals surface area contributed by atoms with Crippen LogP contribution in [0.25, 0.3) is 0 Å². The number of halogens is 2. The molecule has 6 heteroatoms. The highest BCUT2D eigenvalue weighted by atomic mass is 79.9. The van der Waals surface area contributed by atoms with E-state index in [0.29, 0.717) is 0 Å². The lowest BCUT2D eigenvalue weighted by atomic mass is 10.3. The van der Waals surface area contributed by atoms with Gasteiger partial charge in [0.1, 0.15) is 0 Å². The molecule has 1 aliphatic rings. The van der Waals surface area contributed by atoms with E-state index in [4.69, 9.17) is 11.6 Å². The molecule has 1 fully saturated rings. The molecule has 0 aromatic heterocycles. The summed E-state index contributed by atoms with van der Waals surface area (Å²) < 4.78 is 20.2. The predicted molar refractivity (Wildman–Crippen MR) is 50.1 cm³/mol. The zero-order valence-electron chi connectivity index (χ0n) is 6.38. The van der Waals surface area contributed by atoms with Gasteiger partial charge in [-0.25, -0.2) is 8.42 Å². The Morgan fingerprint density at radius 1 is 1.58 bits per heavy atom. The average molecular weight is 276 g/mol. The predicted octanol–water partition coefficient (Wildman–Crippen LogP) is 1.30. The van der Waals surface area contributed by atoms with Gasteiger partial charge in [-0.3, -0.25) is 4.79 Å². The van der Waals surface area contributed by atoms with Crippen molar-refractivity contribution in [2.45, 2.75) is 16.0 Å². The molecule has 0 aliphatic heterocycles. The number of Topliss-reactive ketones (excluding diaryl/α,β-unsaturated/α-hetero) is 1. The first-order chi connectivity index (χ1) is 5.27. The minimum Gasteiger partial charge on any atom is -0.295 e. The third-order valence-electron chi connectivity index (χ3n) is 1.70. The SMILES string of the molecule is CS(=O)(=O)[C@@](Cl)(Br)C(=O)C1CC1. The number of sulfone groups is 1. The van der Waals surface area contributed by atoms with Crippen LogP contribution in [0, 0.1) is 5.92 Å². The summed E-state index contributed by atoms with van der Waals surface area (Å²) >= 11 is 8.31. The summed E-state index contributed by atoms with van der Waals surface area (Å²) in [4.78, 5) is 11.3. The molecule has 0 bridgehead atoms. The second kappa shape index (κ2) is 2.96. The zero-order valence-corrected chi connectivity index (χ0v) is 9.54. The van der Waals surface area contributed by atoms with Crippen LogP contribution in [0.5, 0.6) is 0 Å². The van der Waals surface area contributed by atoms with Crippen molar-refractivity contribution >= 4 is 43.2 Å². The van der Waals surface area contributed by atoms with Gasteiger partial charge in [-0.2, -0.15) is 0 Å². The Morgan fingerprint density at radius 3 is 2.25 bits per heavy atom. The minimum absolute atomic E-state index is 0.170. The van der Waals surface area contributed by atoms with E-state index in [9.17, 15) is 13.2 Å². The summed E-state index contributed by atoms with van der Waals surface area (Å²) in [5.41, 5.74) is 0. The van der Waals surface area contributed by atoms with Crippen LogP contribution in [0.3, 0.4) is 0 Å². The van der Waals surface area contributed by atoms with Crippen molar-refractivity contribution in [1.82, 2.24) is 0 Å². The van der Waals surface area contributed by atoms with E-state index < -0.39 is 18.7 Å². The standard InChI is InChI=1S/C6H8BrClO3S/c1-12(10,11)6(7,8)5(9)4-2-3-4/h4H,2-3H2,1H3/t6-/m1/s1. The topological polar surface area (TPSA) is 51.2 Å². The molecule has 3 nitrogen and oxygen atoms in total. The third kappa shape index (κ3) is 1.83. The molecule has 1 rings (SSSR count). The smallest absolute Gasteiger partial charge is 0.256 e. The summed E-state index contributed by atoms with van der Waals surface area (Å²) in [5.74, 6) is -0.608. The second-order valence-corrected chi connectivity index (χ2v) is 8.05. The molecule has 0 N–H and O–H groups in total. The number of ketones is 1. The Morgan fingerprint density at radius 2 is 2.00 bits per heavy atom. The maximum Gasteiger partial charge on any atom is 0.256 e. The number of carbonyl (C=O) groups is 1. The largest absolute Gasteiger partial charge is 0.295 e. The summed E-state index contributed by atoms with van der Waals surface area (Å²) in [5, 5.41) is 0. The first-order valence-corrected chi connectivity index (χ1v) is 6.45. The van der Waals surface area contributed by atoms with E-state index in [2.05, 4.69) is 15.9 Å². The normalized spacial score (nSPS) is 23.2. The van der Waals surface area contributed by atoms with E-state index in [1.165, 1.54) is 0 Å². The van der Waals surface area contributed by atoms with Crippen LogP contribution in [-0.4, -0.2) is 23.6 Å². The van der Waals surface area contributed by atoms with Crippen molar-refractivity contribution in [3.8, 4) is 0 Å². The lowest BCUT2D eigenvalue weighted by molar-refractivity contribution is -0.119. The molecule has 70 valence electrons. The molecule has 0 amide bonds. The molecule has 0 radical (unpaired) electrons. The van der Waals surface area contributed by atoms with E-state index >= 15 is 0 Å². The molecular formula is C6H8BrClO3S. The Bertz CT molecular complexity index is 305. The third-order valence-corrected chi connectivity index (χ3v) is 6.02. The molecule has 0 unspecified atom stereocenters. The fraction of sp³-hybridized carbons (Fsp3) is 0.833. The van der Waals surface area contributed by atoms with Gasteiger partial charge in [0.25, 0.3) is 3.12 Å². The van der Waals surface area contributed by atoms with Crippen molar-refractivity contribution in [3.63, 3.8) is 0 Å². The van der Waals surface area contributed by atoms with Crippen LogP contribution in [0.1, 0.15) is 12.8 Å². The Balaban J connectivity index is 2.91. The van der Waals surface area contributed by atoms with E-state index in [1.54, 1.807) is 0 Å². The minimum atomic E-state index is -3.57. The first kappa shape index (κ1) is 10.5. The summed E-state index contributed by atoms with van der Waals surface area (Å²) in [6.07, 6.45) is 2.43. The second-order valence-electron chi connectivity index (χ2n) is 2.93. The molecule has 1 aliphatic carbocycles. The average Bonchev–Trinajstić information content (AvgIpc) is 2.64. The number of carbonyl (C=O) groups excluding carboxylic acids is 1. The van der Waals surface area contributed by atoms with Crippen molar-refractivity contribution in [1.29, 1.82) is 0 Å². The first-order valence-electron chi connectivity index (χ1n) is 3.38. The molecule has 1 atom stereocenters. The Kier molecular flexibility index (Phi) is 2.58. The van der Waals surface area contributed by atoms with Gasteiger partial charge in [-0.05, 0) is 28.8 Å². The zero-order chi connectivity index (χ0) is 9.57. The number of hydrogen-bond acceptors (Lipinski definition) is 3. The molecule has 12 heavy (non-hydrogen) atoms. The Hall–Kier alpha value is 0.390. The quantitative estimate of drug-likeness (QED) is 0.730.